The van der Waals surface area contributed by atoms with Gasteiger partial charge in [-0.1, -0.05) is 0 Å². The maximum Gasteiger partial charge on any atom is 0.319 e. The third kappa shape index (κ3) is 2.76. The highest BCUT2D eigenvalue weighted by Crippen LogP contribution is 2.17. The van der Waals surface area contributed by atoms with Gasteiger partial charge < -0.3 is 5.11 Å². The van der Waals surface area contributed by atoms with Crippen LogP contribution in [0.15, 0.2) is 12.4 Å². The van der Waals surface area contributed by atoms with Crippen LogP contribution >= 0.6 is 0 Å². The molecular weight excluding hydrogens is 216 g/mol. The van der Waals surface area contributed by atoms with E-state index >= 15 is 0 Å². The molecule has 1 heterocycles. The van der Waals surface area contributed by atoms with Crippen LogP contribution in [0.1, 0.15) is 26.2 Å². The highest BCUT2D eigenvalue weighted by Gasteiger charge is 2.24. The van der Waals surface area contributed by atoms with Crippen molar-refractivity contribution in [2.75, 3.05) is 13.7 Å². The molecule has 0 spiro atoms. The van der Waals surface area contributed by atoms with Gasteiger partial charge in [0.2, 0.25) is 0 Å². The van der Waals surface area contributed by atoms with Crippen LogP contribution in [0.4, 0.5) is 8.78 Å². The molecule has 1 aromatic rings. The first-order chi connectivity index (χ1) is 7.38. The first-order valence-corrected chi connectivity index (χ1v) is 5.00. The number of hydrogen-bond donors (Lipinski definition) is 1. The van der Waals surface area contributed by atoms with Gasteiger partial charge >= 0.3 is 6.55 Å². The van der Waals surface area contributed by atoms with Gasteiger partial charge in [0.15, 0.2) is 0 Å². The van der Waals surface area contributed by atoms with Crippen molar-refractivity contribution < 1.29 is 13.9 Å². The number of rotatable bonds is 5. The summed E-state index contributed by atoms with van der Waals surface area (Å²) in [6, 6.07) is 0. The van der Waals surface area contributed by atoms with Gasteiger partial charge in [-0.15, -0.1) is 0 Å². The van der Waals surface area contributed by atoms with Gasteiger partial charge in [-0.3, -0.25) is 9.47 Å². The number of aliphatic hydroxyl groups is 1. The zero-order chi connectivity index (χ0) is 12.3. The molecule has 0 amide bonds. The van der Waals surface area contributed by atoms with Crippen LogP contribution in [0, 0.1) is 0 Å². The summed E-state index contributed by atoms with van der Waals surface area (Å²) in [6.07, 6.45) is 2.60. The highest BCUT2D eigenvalue weighted by molar-refractivity contribution is 4.94. The Kier molecular flexibility index (Phi) is 3.98. The smallest absolute Gasteiger partial charge is 0.319 e. The number of hydrogen-bond acceptors (Lipinski definition) is 3. The van der Waals surface area contributed by atoms with Crippen LogP contribution < -0.4 is 0 Å². The number of likely N-dealkylation sites (N-methyl/N-ethyl adjacent to an activating group) is 1. The van der Waals surface area contributed by atoms with Crippen LogP contribution in [-0.4, -0.2) is 38.8 Å². The molecule has 4 nitrogen and oxygen atoms in total. The maximum atomic E-state index is 12.5. The zero-order valence-corrected chi connectivity index (χ0v) is 9.69. The van der Waals surface area contributed by atoms with Crippen molar-refractivity contribution in [3.05, 3.63) is 18.2 Å². The van der Waals surface area contributed by atoms with E-state index in [-0.39, 0.29) is 13.2 Å². The zero-order valence-electron chi connectivity index (χ0n) is 9.69. The van der Waals surface area contributed by atoms with E-state index in [2.05, 4.69) is 4.98 Å². The number of nitrogens with zero attached hydrogens (tertiary/aromatic N) is 3. The predicted molar refractivity (Wildman–Crippen MR) is 56.1 cm³/mol. The van der Waals surface area contributed by atoms with Crippen LogP contribution in [0.5, 0.6) is 0 Å². The summed E-state index contributed by atoms with van der Waals surface area (Å²) >= 11 is 0. The van der Waals surface area contributed by atoms with E-state index in [1.165, 1.54) is 12.4 Å². The molecule has 0 radical (unpaired) electrons. The maximum absolute atomic E-state index is 12.5. The fourth-order valence-corrected chi connectivity index (χ4v) is 1.19. The third-order valence-electron chi connectivity index (χ3n) is 2.76. The van der Waals surface area contributed by atoms with E-state index in [4.69, 9.17) is 5.11 Å². The molecule has 0 aliphatic rings. The number of halogens is 2. The van der Waals surface area contributed by atoms with E-state index in [0.717, 1.165) is 4.57 Å². The molecule has 0 fully saturated rings. The largest absolute Gasteiger partial charge is 0.394 e. The number of aromatic nitrogens is 2. The number of alkyl halides is 2. The van der Waals surface area contributed by atoms with Crippen LogP contribution in [0.3, 0.4) is 0 Å². The molecule has 92 valence electrons. The van der Waals surface area contributed by atoms with Crippen molar-refractivity contribution in [3.63, 3.8) is 0 Å². The minimum Gasteiger partial charge on any atom is -0.394 e. The molecule has 0 atom stereocenters. The van der Waals surface area contributed by atoms with Gasteiger partial charge in [-0.25, -0.2) is 4.98 Å². The van der Waals surface area contributed by atoms with E-state index in [0.29, 0.717) is 5.82 Å². The Hall–Kier alpha value is -1.01. The molecule has 6 heteroatoms. The highest BCUT2D eigenvalue weighted by atomic mass is 19.3. The average Bonchev–Trinajstić information content (AvgIpc) is 2.65. The SMILES string of the molecule is CN(Cc1nccn1C(F)F)C(C)(C)CO. The molecule has 1 aromatic heterocycles. The summed E-state index contributed by atoms with van der Waals surface area (Å²) in [5.41, 5.74) is -0.459. The Morgan fingerprint density at radius 2 is 2.19 bits per heavy atom. The molecular formula is C10H17F2N3O. The minimum absolute atomic E-state index is 0.0428. The lowest BCUT2D eigenvalue weighted by Crippen LogP contribution is -2.44. The van der Waals surface area contributed by atoms with Gasteiger partial charge in [-0.2, -0.15) is 8.78 Å². The van der Waals surface area contributed by atoms with Crippen molar-refractivity contribution in [2.45, 2.75) is 32.5 Å². The fraction of sp³-hybridized carbons (Fsp3) is 0.700. The van der Waals surface area contributed by atoms with Crippen molar-refractivity contribution in [1.82, 2.24) is 14.5 Å². The average molecular weight is 233 g/mol. The van der Waals surface area contributed by atoms with Crippen LogP contribution in [0.25, 0.3) is 0 Å². The Morgan fingerprint density at radius 1 is 1.56 bits per heavy atom. The van der Waals surface area contributed by atoms with Gasteiger partial charge in [0.25, 0.3) is 0 Å². The van der Waals surface area contributed by atoms with Gasteiger partial charge in [0, 0.05) is 17.9 Å². The Bertz CT molecular complexity index is 339. The van der Waals surface area contributed by atoms with Crippen LogP contribution in [-0.2, 0) is 6.54 Å². The van der Waals surface area contributed by atoms with Crippen molar-refractivity contribution in [2.24, 2.45) is 0 Å². The molecule has 1 N–H and O–H groups in total. The Labute approximate surface area is 93.5 Å². The van der Waals surface area contributed by atoms with Crippen molar-refractivity contribution in [3.8, 4) is 0 Å². The molecule has 1 rings (SSSR count). The predicted octanol–water partition coefficient (Wildman–Crippen LogP) is 1.48. The summed E-state index contributed by atoms with van der Waals surface area (Å²) < 4.78 is 25.9. The lowest BCUT2D eigenvalue weighted by atomic mass is 10.1. The fourth-order valence-electron chi connectivity index (χ4n) is 1.19. The number of aliphatic hydroxyl groups excluding tert-OH is 1. The summed E-state index contributed by atoms with van der Waals surface area (Å²) in [5.74, 6) is 0.291. The number of imidazole rings is 1. The summed E-state index contributed by atoms with van der Waals surface area (Å²) in [4.78, 5) is 5.67. The van der Waals surface area contributed by atoms with Gasteiger partial charge in [0.1, 0.15) is 5.82 Å². The first kappa shape index (κ1) is 13.1. The van der Waals surface area contributed by atoms with Gasteiger partial charge in [-0.05, 0) is 20.9 Å². The molecule has 0 aromatic carbocycles. The quantitative estimate of drug-likeness (QED) is 0.837. The summed E-state index contributed by atoms with van der Waals surface area (Å²) in [7, 11) is 1.76. The molecule has 0 aliphatic carbocycles. The standard InChI is InChI=1S/C10H17F2N3O/c1-10(2,7-16)14(3)6-8-13-4-5-15(8)9(11)12/h4-5,9,16H,6-7H2,1-3H3. The van der Waals surface area contributed by atoms with Crippen LogP contribution in [0.2, 0.25) is 0 Å². The second kappa shape index (κ2) is 4.88. The van der Waals surface area contributed by atoms with E-state index in [1.807, 2.05) is 13.8 Å². The summed E-state index contributed by atoms with van der Waals surface area (Å²) in [6.45, 7) is 1.32. The monoisotopic (exact) mass is 233 g/mol. The topological polar surface area (TPSA) is 41.3 Å². The Balaban J connectivity index is 2.77. The molecule has 0 saturated carbocycles. The lowest BCUT2D eigenvalue weighted by Gasteiger charge is -2.33. The van der Waals surface area contributed by atoms with Gasteiger partial charge in [0.05, 0.1) is 13.2 Å². The van der Waals surface area contributed by atoms with E-state index in [9.17, 15) is 8.78 Å². The van der Waals surface area contributed by atoms with Crippen molar-refractivity contribution in [1.29, 1.82) is 0 Å². The Morgan fingerprint density at radius 3 is 2.69 bits per heavy atom. The molecule has 16 heavy (non-hydrogen) atoms. The van der Waals surface area contributed by atoms with Crippen molar-refractivity contribution >= 4 is 0 Å². The molecule has 0 saturated heterocycles. The third-order valence-corrected chi connectivity index (χ3v) is 2.76. The molecule has 0 aliphatic heterocycles. The summed E-state index contributed by atoms with van der Waals surface area (Å²) in [5, 5.41) is 9.15. The molecule has 0 bridgehead atoms. The second-order valence-corrected chi connectivity index (χ2v) is 4.36. The first-order valence-electron chi connectivity index (χ1n) is 5.00. The second-order valence-electron chi connectivity index (χ2n) is 4.36. The normalized spacial score (nSPS) is 12.8. The molecule has 0 unspecified atom stereocenters. The van der Waals surface area contributed by atoms with E-state index in [1.54, 1.807) is 11.9 Å². The minimum atomic E-state index is -2.58. The lowest BCUT2D eigenvalue weighted by molar-refractivity contribution is 0.0490. The van der Waals surface area contributed by atoms with E-state index < -0.39 is 12.1 Å².